The lowest BCUT2D eigenvalue weighted by Crippen LogP contribution is -2.12. The molecule has 0 bridgehead atoms. The Labute approximate surface area is 198 Å². The summed E-state index contributed by atoms with van der Waals surface area (Å²) in [5.74, 6) is -0.456. The van der Waals surface area contributed by atoms with Crippen molar-refractivity contribution in [2.75, 3.05) is 5.32 Å². The van der Waals surface area contributed by atoms with Gasteiger partial charge >= 0.3 is 5.97 Å². The lowest BCUT2D eigenvalue weighted by atomic mass is 9.91. The number of hydrogen-bond acceptors (Lipinski definition) is 5. The number of pyridine rings is 1. The molecule has 1 aromatic heterocycles. The number of nitrogens with one attached hydrogen (secondary N) is 2. The SMILES string of the molecule is C=Cc1ccc(-c2ccc(C(=O)CC(C)C)cc2C(=O)O)c(CNc2ccc(C(=N)N)cn2)c1. The molecule has 3 rings (SSSR count). The highest BCUT2D eigenvalue weighted by Gasteiger charge is 2.18. The molecule has 0 aliphatic heterocycles. The highest BCUT2D eigenvalue weighted by molar-refractivity contribution is 6.02. The average Bonchev–Trinajstić information content (AvgIpc) is 2.82. The predicted molar refractivity (Wildman–Crippen MR) is 135 cm³/mol. The second-order valence-corrected chi connectivity index (χ2v) is 8.41. The molecule has 0 aliphatic rings. The van der Waals surface area contributed by atoms with Gasteiger partial charge in [0.15, 0.2) is 5.78 Å². The van der Waals surface area contributed by atoms with Gasteiger partial charge in [-0.25, -0.2) is 9.78 Å². The Morgan fingerprint density at radius 2 is 1.82 bits per heavy atom. The summed E-state index contributed by atoms with van der Waals surface area (Å²) in [7, 11) is 0. The number of amidine groups is 1. The van der Waals surface area contributed by atoms with Crippen LogP contribution in [0.15, 0.2) is 61.3 Å². The van der Waals surface area contributed by atoms with Crippen molar-refractivity contribution in [3.05, 3.63) is 89.1 Å². The monoisotopic (exact) mass is 456 g/mol. The van der Waals surface area contributed by atoms with Crippen LogP contribution in [-0.2, 0) is 6.54 Å². The van der Waals surface area contributed by atoms with Gasteiger partial charge in [-0.05, 0) is 52.4 Å². The van der Waals surface area contributed by atoms with E-state index in [0.29, 0.717) is 35.5 Å². The second kappa shape index (κ2) is 10.6. The van der Waals surface area contributed by atoms with Gasteiger partial charge in [-0.15, -0.1) is 0 Å². The molecule has 34 heavy (non-hydrogen) atoms. The predicted octanol–water partition coefficient (Wildman–Crippen LogP) is 5.21. The Morgan fingerprint density at radius 1 is 1.12 bits per heavy atom. The maximum Gasteiger partial charge on any atom is 0.336 e. The van der Waals surface area contributed by atoms with E-state index in [1.165, 1.54) is 12.3 Å². The molecule has 0 saturated carbocycles. The summed E-state index contributed by atoms with van der Waals surface area (Å²) in [6.45, 7) is 8.10. The molecule has 0 fully saturated rings. The van der Waals surface area contributed by atoms with E-state index in [1.54, 1.807) is 30.3 Å². The van der Waals surface area contributed by atoms with Gasteiger partial charge in [0.2, 0.25) is 0 Å². The number of rotatable bonds is 10. The standard InChI is InChI=1S/C27H28N4O3/c1-4-17-5-8-21(20(12-17)15-31-25-10-7-19(14-30-25)26(28)29)22-9-6-18(13-23(22)27(33)34)24(32)11-16(2)3/h4-10,12-14,16H,1,11,15H2,2-3H3,(H3,28,29)(H,30,31)(H,33,34). The van der Waals surface area contributed by atoms with Crippen LogP contribution in [0.1, 0.15) is 57.7 Å². The third-order valence-electron chi connectivity index (χ3n) is 5.36. The first kappa shape index (κ1) is 24.4. The summed E-state index contributed by atoms with van der Waals surface area (Å²) < 4.78 is 0. The molecule has 5 N–H and O–H groups in total. The van der Waals surface area contributed by atoms with E-state index in [9.17, 15) is 14.7 Å². The number of carbonyl (C=O) groups is 2. The van der Waals surface area contributed by atoms with Crippen molar-refractivity contribution < 1.29 is 14.7 Å². The topological polar surface area (TPSA) is 129 Å². The molecule has 7 heteroatoms. The Hall–Kier alpha value is -4.26. The molecule has 174 valence electrons. The minimum Gasteiger partial charge on any atom is -0.478 e. The van der Waals surface area contributed by atoms with Crippen LogP contribution in [0.5, 0.6) is 0 Å². The minimum absolute atomic E-state index is 0.0588. The Kier molecular flexibility index (Phi) is 7.58. The van der Waals surface area contributed by atoms with Crippen LogP contribution >= 0.6 is 0 Å². The number of hydrogen-bond donors (Lipinski definition) is 4. The van der Waals surface area contributed by atoms with Gasteiger partial charge in [-0.2, -0.15) is 0 Å². The fraction of sp³-hybridized carbons (Fsp3) is 0.185. The van der Waals surface area contributed by atoms with Crippen LogP contribution in [0.4, 0.5) is 5.82 Å². The fourth-order valence-electron chi connectivity index (χ4n) is 3.61. The molecule has 2 aromatic carbocycles. The number of nitrogens with zero attached hydrogens (tertiary/aromatic N) is 1. The molecule has 1 heterocycles. The maximum atomic E-state index is 12.5. The van der Waals surface area contributed by atoms with Gasteiger partial charge in [0.05, 0.1) is 5.56 Å². The number of ketones is 1. The van der Waals surface area contributed by atoms with Crippen LogP contribution in [0.25, 0.3) is 17.2 Å². The number of nitrogen functional groups attached to an aromatic ring is 1. The van der Waals surface area contributed by atoms with Crippen molar-refractivity contribution in [3.63, 3.8) is 0 Å². The minimum atomic E-state index is -1.10. The fourth-order valence-corrected chi connectivity index (χ4v) is 3.61. The summed E-state index contributed by atoms with van der Waals surface area (Å²) >= 11 is 0. The third kappa shape index (κ3) is 5.75. The van der Waals surface area contributed by atoms with Gasteiger partial charge in [0, 0.05) is 30.3 Å². The van der Waals surface area contributed by atoms with Crippen molar-refractivity contribution in [1.29, 1.82) is 5.41 Å². The largest absolute Gasteiger partial charge is 0.478 e. The number of aromatic carboxylic acids is 1. The summed E-state index contributed by atoms with van der Waals surface area (Å²) in [4.78, 5) is 28.9. The third-order valence-corrected chi connectivity index (χ3v) is 5.36. The molecule has 0 spiro atoms. The van der Waals surface area contributed by atoms with Crippen molar-refractivity contribution in [2.24, 2.45) is 11.7 Å². The highest BCUT2D eigenvalue weighted by Crippen LogP contribution is 2.30. The van der Waals surface area contributed by atoms with E-state index in [-0.39, 0.29) is 23.1 Å². The summed E-state index contributed by atoms with van der Waals surface area (Å²) in [6, 6.07) is 13.9. The van der Waals surface area contributed by atoms with Crippen LogP contribution < -0.4 is 11.1 Å². The van der Waals surface area contributed by atoms with Gasteiger partial charge in [0.25, 0.3) is 0 Å². The maximum absolute atomic E-state index is 12.5. The number of aromatic nitrogens is 1. The molecule has 0 aliphatic carbocycles. The van der Waals surface area contributed by atoms with Gasteiger partial charge < -0.3 is 16.2 Å². The number of Topliss-reactive ketones (excluding diaryl/α,β-unsaturated/α-hetero) is 1. The van der Waals surface area contributed by atoms with E-state index in [1.807, 2.05) is 32.0 Å². The molecule has 7 nitrogen and oxygen atoms in total. The molecule has 0 unspecified atom stereocenters. The number of benzene rings is 2. The Bertz CT molecular complexity index is 1250. The first-order valence-electron chi connectivity index (χ1n) is 10.9. The summed E-state index contributed by atoms with van der Waals surface area (Å²) in [5, 5.41) is 20.6. The van der Waals surface area contributed by atoms with Crippen molar-refractivity contribution in [2.45, 2.75) is 26.8 Å². The smallest absolute Gasteiger partial charge is 0.336 e. The molecule has 0 amide bonds. The molecular weight excluding hydrogens is 428 g/mol. The Balaban J connectivity index is 1.99. The number of carbonyl (C=O) groups excluding carboxylic acids is 1. The van der Waals surface area contributed by atoms with E-state index in [2.05, 4.69) is 16.9 Å². The highest BCUT2D eigenvalue weighted by atomic mass is 16.4. The number of carboxylic acid groups (broad SMARTS) is 1. The van der Waals surface area contributed by atoms with E-state index < -0.39 is 5.97 Å². The Morgan fingerprint density at radius 3 is 2.41 bits per heavy atom. The lowest BCUT2D eigenvalue weighted by molar-refractivity contribution is 0.0697. The number of nitrogens with two attached hydrogens (primary N) is 1. The molecule has 3 aromatic rings. The van der Waals surface area contributed by atoms with Crippen LogP contribution in [0.2, 0.25) is 0 Å². The van der Waals surface area contributed by atoms with E-state index >= 15 is 0 Å². The van der Waals surface area contributed by atoms with Crippen LogP contribution in [-0.4, -0.2) is 27.7 Å². The normalized spacial score (nSPS) is 10.7. The first-order valence-corrected chi connectivity index (χ1v) is 10.9. The van der Waals surface area contributed by atoms with Crippen LogP contribution in [0.3, 0.4) is 0 Å². The van der Waals surface area contributed by atoms with Gasteiger partial charge in [0.1, 0.15) is 11.7 Å². The molecule has 0 atom stereocenters. The number of carboxylic acids is 1. The zero-order chi connectivity index (χ0) is 24.8. The van der Waals surface area contributed by atoms with Crippen LogP contribution in [0, 0.1) is 11.3 Å². The van der Waals surface area contributed by atoms with Gasteiger partial charge in [-0.3, -0.25) is 10.2 Å². The van der Waals surface area contributed by atoms with Crippen molar-refractivity contribution >= 4 is 29.5 Å². The lowest BCUT2D eigenvalue weighted by Gasteiger charge is -2.15. The van der Waals surface area contributed by atoms with E-state index in [0.717, 1.165) is 16.7 Å². The first-order chi connectivity index (χ1) is 16.2. The van der Waals surface area contributed by atoms with E-state index in [4.69, 9.17) is 11.1 Å². The zero-order valence-electron chi connectivity index (χ0n) is 19.3. The average molecular weight is 457 g/mol. The molecular formula is C27H28N4O3. The van der Waals surface area contributed by atoms with Crippen molar-refractivity contribution in [1.82, 2.24) is 4.98 Å². The number of anilines is 1. The van der Waals surface area contributed by atoms with Crippen molar-refractivity contribution in [3.8, 4) is 11.1 Å². The zero-order valence-corrected chi connectivity index (χ0v) is 19.3. The summed E-state index contributed by atoms with van der Waals surface area (Å²) in [6.07, 6.45) is 3.59. The quantitative estimate of drug-likeness (QED) is 0.188. The molecule has 0 radical (unpaired) electrons. The summed E-state index contributed by atoms with van der Waals surface area (Å²) in [5.41, 5.74) is 9.48. The second-order valence-electron chi connectivity index (χ2n) is 8.41. The van der Waals surface area contributed by atoms with Gasteiger partial charge in [-0.1, -0.05) is 50.8 Å². The molecule has 0 saturated heterocycles.